The summed E-state index contributed by atoms with van der Waals surface area (Å²) in [5.41, 5.74) is 1.14. The van der Waals surface area contributed by atoms with E-state index < -0.39 is 0 Å². The lowest BCUT2D eigenvalue weighted by atomic mass is 10.2. The Morgan fingerprint density at radius 1 is 1.21 bits per heavy atom. The second kappa shape index (κ2) is 11.0. The molecule has 1 aromatic heterocycles. The highest BCUT2D eigenvalue weighted by Crippen LogP contribution is 2.11. The van der Waals surface area contributed by atoms with Gasteiger partial charge in [-0.3, -0.25) is 0 Å². The van der Waals surface area contributed by atoms with E-state index in [9.17, 15) is 0 Å². The Balaban J connectivity index is 0.00000288. The number of rotatable bonds is 7. The van der Waals surface area contributed by atoms with E-state index >= 15 is 0 Å². The van der Waals surface area contributed by atoms with Gasteiger partial charge in [-0.05, 0) is 43.7 Å². The van der Waals surface area contributed by atoms with Crippen molar-refractivity contribution >= 4 is 29.9 Å². The molecule has 0 atom stereocenters. The Labute approximate surface area is 160 Å². The lowest BCUT2D eigenvalue weighted by Crippen LogP contribution is -2.41. The van der Waals surface area contributed by atoms with Crippen LogP contribution in [0.4, 0.5) is 0 Å². The Morgan fingerprint density at radius 3 is 2.54 bits per heavy atom. The SMILES string of the molecule is COc1ccc(CN=C(NCCc2ccco2)NC(C)C)cc1.I. The minimum absolute atomic E-state index is 0. The zero-order chi connectivity index (χ0) is 16.5. The van der Waals surface area contributed by atoms with Crippen LogP contribution in [0, 0.1) is 0 Å². The largest absolute Gasteiger partial charge is 0.497 e. The Kier molecular flexibility index (Phi) is 9.29. The molecule has 0 spiro atoms. The van der Waals surface area contributed by atoms with Crippen LogP contribution in [-0.2, 0) is 13.0 Å². The van der Waals surface area contributed by atoms with Crippen LogP contribution in [0.2, 0.25) is 0 Å². The first-order chi connectivity index (χ1) is 11.2. The van der Waals surface area contributed by atoms with Crippen LogP contribution in [0.3, 0.4) is 0 Å². The predicted octanol–water partition coefficient (Wildman–Crippen LogP) is 3.59. The van der Waals surface area contributed by atoms with Crippen molar-refractivity contribution in [1.82, 2.24) is 10.6 Å². The van der Waals surface area contributed by atoms with E-state index in [0.717, 1.165) is 36.0 Å². The number of furan rings is 1. The monoisotopic (exact) mass is 443 g/mol. The molecule has 24 heavy (non-hydrogen) atoms. The number of hydrogen-bond donors (Lipinski definition) is 2. The van der Waals surface area contributed by atoms with Crippen LogP contribution in [0.25, 0.3) is 0 Å². The van der Waals surface area contributed by atoms with Crippen LogP contribution in [0.5, 0.6) is 5.75 Å². The number of guanidine groups is 1. The Bertz CT molecular complexity index is 595. The van der Waals surface area contributed by atoms with Gasteiger partial charge in [-0.1, -0.05) is 12.1 Å². The Hall–Kier alpha value is -1.70. The van der Waals surface area contributed by atoms with Gasteiger partial charge in [0, 0.05) is 19.0 Å². The molecule has 0 saturated carbocycles. The number of nitrogens with zero attached hydrogens (tertiary/aromatic N) is 1. The van der Waals surface area contributed by atoms with Crippen molar-refractivity contribution in [2.75, 3.05) is 13.7 Å². The smallest absolute Gasteiger partial charge is 0.191 e. The molecule has 0 amide bonds. The third-order valence-electron chi connectivity index (χ3n) is 3.25. The molecule has 132 valence electrons. The van der Waals surface area contributed by atoms with Gasteiger partial charge in [-0.2, -0.15) is 0 Å². The average molecular weight is 443 g/mol. The molecule has 6 heteroatoms. The van der Waals surface area contributed by atoms with Crippen LogP contribution in [0.15, 0.2) is 52.1 Å². The molecule has 0 unspecified atom stereocenters. The second-order valence-corrected chi connectivity index (χ2v) is 5.57. The minimum Gasteiger partial charge on any atom is -0.497 e. The summed E-state index contributed by atoms with van der Waals surface area (Å²) in [6.07, 6.45) is 2.52. The van der Waals surface area contributed by atoms with Crippen molar-refractivity contribution < 1.29 is 9.15 Å². The first-order valence-electron chi connectivity index (χ1n) is 7.87. The average Bonchev–Trinajstić information content (AvgIpc) is 3.06. The zero-order valence-electron chi connectivity index (χ0n) is 14.4. The second-order valence-electron chi connectivity index (χ2n) is 5.57. The maximum Gasteiger partial charge on any atom is 0.191 e. The van der Waals surface area contributed by atoms with E-state index in [2.05, 4.69) is 29.5 Å². The number of ether oxygens (including phenoxy) is 1. The van der Waals surface area contributed by atoms with Crippen LogP contribution in [0.1, 0.15) is 25.2 Å². The highest BCUT2D eigenvalue weighted by molar-refractivity contribution is 14.0. The summed E-state index contributed by atoms with van der Waals surface area (Å²) in [5.74, 6) is 2.63. The van der Waals surface area contributed by atoms with Gasteiger partial charge < -0.3 is 19.8 Å². The van der Waals surface area contributed by atoms with Gasteiger partial charge in [-0.25, -0.2) is 4.99 Å². The Morgan fingerprint density at radius 2 is 1.96 bits per heavy atom. The van der Waals surface area contributed by atoms with E-state index in [-0.39, 0.29) is 24.0 Å². The number of hydrogen-bond acceptors (Lipinski definition) is 3. The van der Waals surface area contributed by atoms with Crippen molar-refractivity contribution in [2.45, 2.75) is 32.9 Å². The summed E-state index contributed by atoms with van der Waals surface area (Å²) in [7, 11) is 1.67. The lowest BCUT2D eigenvalue weighted by molar-refractivity contribution is 0.414. The van der Waals surface area contributed by atoms with Gasteiger partial charge >= 0.3 is 0 Å². The molecule has 0 aliphatic carbocycles. The molecule has 2 aromatic rings. The summed E-state index contributed by atoms with van der Waals surface area (Å²) in [5, 5.41) is 6.67. The third-order valence-corrected chi connectivity index (χ3v) is 3.25. The number of halogens is 1. The molecule has 0 aliphatic heterocycles. The topological polar surface area (TPSA) is 58.8 Å². The van der Waals surface area contributed by atoms with E-state index in [1.807, 2.05) is 36.4 Å². The molecule has 0 bridgehead atoms. The molecule has 0 saturated heterocycles. The van der Waals surface area contributed by atoms with E-state index in [1.54, 1.807) is 13.4 Å². The summed E-state index contributed by atoms with van der Waals surface area (Å²) >= 11 is 0. The van der Waals surface area contributed by atoms with Gasteiger partial charge in [0.05, 0.1) is 19.9 Å². The van der Waals surface area contributed by atoms with E-state index in [0.29, 0.717) is 12.6 Å². The van der Waals surface area contributed by atoms with Gasteiger partial charge in [0.25, 0.3) is 0 Å². The van der Waals surface area contributed by atoms with Gasteiger partial charge in [0.2, 0.25) is 0 Å². The quantitative estimate of drug-likeness (QED) is 0.390. The first kappa shape index (κ1) is 20.3. The molecule has 0 fully saturated rings. The van der Waals surface area contributed by atoms with Crippen molar-refractivity contribution in [3.63, 3.8) is 0 Å². The highest BCUT2D eigenvalue weighted by Gasteiger charge is 2.02. The van der Waals surface area contributed by atoms with Gasteiger partial charge in [0.15, 0.2) is 5.96 Å². The lowest BCUT2D eigenvalue weighted by Gasteiger charge is -2.15. The number of aliphatic imine (C=N–C) groups is 1. The normalized spacial score (nSPS) is 11.1. The molecule has 2 N–H and O–H groups in total. The first-order valence-corrected chi connectivity index (χ1v) is 7.87. The van der Waals surface area contributed by atoms with Gasteiger partial charge in [0.1, 0.15) is 11.5 Å². The minimum atomic E-state index is 0. The summed E-state index contributed by atoms with van der Waals surface area (Å²) in [6.45, 7) is 5.58. The van der Waals surface area contributed by atoms with Crippen LogP contribution < -0.4 is 15.4 Å². The molecule has 2 rings (SSSR count). The number of nitrogens with one attached hydrogen (secondary N) is 2. The van der Waals surface area contributed by atoms with Crippen molar-refractivity contribution in [1.29, 1.82) is 0 Å². The van der Waals surface area contributed by atoms with Crippen LogP contribution in [-0.4, -0.2) is 25.7 Å². The molecule has 5 nitrogen and oxygen atoms in total. The number of methoxy groups -OCH3 is 1. The fourth-order valence-electron chi connectivity index (χ4n) is 2.09. The molecule has 1 aromatic carbocycles. The van der Waals surface area contributed by atoms with E-state index in [4.69, 9.17) is 9.15 Å². The van der Waals surface area contributed by atoms with Crippen molar-refractivity contribution in [3.8, 4) is 5.75 Å². The number of benzene rings is 1. The molecular formula is C18H26IN3O2. The van der Waals surface area contributed by atoms with Crippen LogP contribution >= 0.6 is 24.0 Å². The van der Waals surface area contributed by atoms with Gasteiger partial charge in [-0.15, -0.1) is 24.0 Å². The summed E-state index contributed by atoms with van der Waals surface area (Å²) < 4.78 is 10.5. The molecular weight excluding hydrogens is 417 g/mol. The van der Waals surface area contributed by atoms with E-state index in [1.165, 1.54) is 0 Å². The predicted molar refractivity (Wildman–Crippen MR) is 108 cm³/mol. The molecule has 0 aliphatic rings. The maximum absolute atomic E-state index is 5.34. The molecule has 1 heterocycles. The fourth-order valence-corrected chi connectivity index (χ4v) is 2.09. The highest BCUT2D eigenvalue weighted by atomic mass is 127. The third kappa shape index (κ3) is 7.25. The fraction of sp³-hybridized carbons (Fsp3) is 0.389. The maximum atomic E-state index is 5.34. The zero-order valence-corrected chi connectivity index (χ0v) is 16.7. The van der Waals surface area contributed by atoms with Crippen molar-refractivity contribution in [3.05, 3.63) is 54.0 Å². The van der Waals surface area contributed by atoms with Crippen molar-refractivity contribution in [2.24, 2.45) is 4.99 Å². The molecule has 0 radical (unpaired) electrons. The summed E-state index contributed by atoms with van der Waals surface area (Å²) in [4.78, 5) is 4.63. The summed E-state index contributed by atoms with van der Waals surface area (Å²) in [6, 6.07) is 12.2. The standard InChI is InChI=1S/C18H25N3O2.HI/c1-14(2)21-18(19-11-10-17-5-4-12-23-17)20-13-15-6-8-16(22-3)9-7-15;/h4-9,12,14H,10-11,13H2,1-3H3,(H2,19,20,21);1H.